The van der Waals surface area contributed by atoms with Crippen molar-refractivity contribution in [3.05, 3.63) is 0 Å². The van der Waals surface area contributed by atoms with E-state index in [-0.39, 0.29) is 5.91 Å². The maximum Gasteiger partial charge on any atom is 0.219 e. The zero-order valence-corrected chi connectivity index (χ0v) is 7.26. The fourth-order valence-electron chi connectivity index (χ4n) is 0.714. The molecule has 0 spiro atoms. The molecule has 0 bridgehead atoms. The maximum atomic E-state index is 10.8. The molecule has 0 rings (SSSR count). The number of carbonyl (C=O) groups is 1. The highest BCUT2D eigenvalue weighted by molar-refractivity contribution is 6.18. The van der Waals surface area contributed by atoms with Gasteiger partial charge in [0.2, 0.25) is 5.91 Å². The molecule has 0 N–H and O–H groups in total. The summed E-state index contributed by atoms with van der Waals surface area (Å²) in [6.45, 7) is 2.49. The molecule has 1 amide bonds. The third-order valence-electron chi connectivity index (χ3n) is 1.29. The molecule has 0 aliphatic heterocycles. The Morgan fingerprint density at radius 2 is 2.27 bits per heavy atom. The van der Waals surface area contributed by atoms with Crippen LogP contribution < -0.4 is 0 Å². The summed E-state index contributed by atoms with van der Waals surface area (Å²) in [5.74, 6) is 0.395. The van der Waals surface area contributed by atoms with Crippen molar-refractivity contribution in [2.24, 2.45) is 0 Å². The number of amides is 1. The number of halogens is 1. The van der Waals surface area contributed by atoms with Gasteiger partial charge in [-0.1, -0.05) is 0 Å². The molecule has 0 atom stereocenters. The SMILES string of the molecule is CC(=O)N(CCCl)CCC#N. The fourth-order valence-corrected chi connectivity index (χ4v) is 0.918. The zero-order chi connectivity index (χ0) is 8.69. The molecule has 11 heavy (non-hydrogen) atoms. The zero-order valence-electron chi connectivity index (χ0n) is 6.51. The lowest BCUT2D eigenvalue weighted by molar-refractivity contribution is -0.128. The van der Waals surface area contributed by atoms with Gasteiger partial charge in [-0.15, -0.1) is 11.6 Å². The second-order valence-corrected chi connectivity index (χ2v) is 2.48. The summed E-state index contributed by atoms with van der Waals surface area (Å²) in [6.07, 6.45) is 0.371. The molecule has 0 unspecified atom stereocenters. The highest BCUT2D eigenvalue weighted by Crippen LogP contribution is 1.92. The van der Waals surface area contributed by atoms with Gasteiger partial charge in [0.1, 0.15) is 0 Å². The van der Waals surface area contributed by atoms with E-state index < -0.39 is 0 Å². The minimum Gasteiger partial charge on any atom is -0.341 e. The molecule has 4 heteroatoms. The number of carbonyl (C=O) groups excluding carboxylic acids is 1. The van der Waals surface area contributed by atoms with Gasteiger partial charge in [-0.05, 0) is 0 Å². The van der Waals surface area contributed by atoms with Crippen molar-refractivity contribution >= 4 is 17.5 Å². The first-order chi connectivity index (χ1) is 5.22. The minimum absolute atomic E-state index is 0.0269. The Labute approximate surface area is 71.5 Å². The number of nitrogens with zero attached hydrogens (tertiary/aromatic N) is 2. The molecule has 0 aliphatic rings. The average Bonchev–Trinajstić information content (AvgIpc) is 1.97. The summed E-state index contributed by atoms with van der Waals surface area (Å²) in [5.41, 5.74) is 0. The fraction of sp³-hybridized carbons (Fsp3) is 0.714. The predicted molar refractivity (Wildman–Crippen MR) is 43.2 cm³/mol. The van der Waals surface area contributed by atoms with Gasteiger partial charge in [-0.2, -0.15) is 5.26 Å². The Bertz CT molecular complexity index is 164. The van der Waals surface area contributed by atoms with Crippen molar-refractivity contribution < 1.29 is 4.79 Å². The van der Waals surface area contributed by atoms with Crippen LogP contribution in [0.25, 0.3) is 0 Å². The average molecular weight is 175 g/mol. The Balaban J connectivity index is 3.71. The third kappa shape index (κ3) is 4.63. The van der Waals surface area contributed by atoms with Gasteiger partial charge in [-0.3, -0.25) is 4.79 Å². The molecule has 3 nitrogen and oxygen atoms in total. The quantitative estimate of drug-likeness (QED) is 0.597. The molecule has 0 saturated carbocycles. The lowest BCUT2D eigenvalue weighted by Gasteiger charge is -2.17. The molecular formula is C7H11ClN2O. The number of hydrogen-bond donors (Lipinski definition) is 0. The van der Waals surface area contributed by atoms with Crippen molar-refractivity contribution in [1.82, 2.24) is 4.90 Å². The van der Waals surface area contributed by atoms with Crippen LogP contribution in [0.3, 0.4) is 0 Å². The number of alkyl halides is 1. The number of nitriles is 1. The van der Waals surface area contributed by atoms with E-state index in [9.17, 15) is 4.79 Å². The second kappa shape index (κ2) is 5.99. The van der Waals surface area contributed by atoms with Crippen molar-refractivity contribution in [2.45, 2.75) is 13.3 Å². The number of rotatable bonds is 4. The summed E-state index contributed by atoms with van der Waals surface area (Å²) < 4.78 is 0. The van der Waals surface area contributed by atoms with E-state index in [2.05, 4.69) is 0 Å². The van der Waals surface area contributed by atoms with Crippen LogP contribution in [0.15, 0.2) is 0 Å². The Morgan fingerprint density at radius 3 is 2.64 bits per heavy atom. The monoisotopic (exact) mass is 174 g/mol. The Morgan fingerprint density at radius 1 is 1.64 bits per heavy atom. The van der Waals surface area contributed by atoms with Gasteiger partial charge in [0.15, 0.2) is 0 Å². The van der Waals surface area contributed by atoms with Gasteiger partial charge in [-0.25, -0.2) is 0 Å². The van der Waals surface area contributed by atoms with Crippen molar-refractivity contribution in [3.8, 4) is 6.07 Å². The lowest BCUT2D eigenvalue weighted by atomic mass is 10.4. The van der Waals surface area contributed by atoms with Crippen molar-refractivity contribution in [2.75, 3.05) is 19.0 Å². The summed E-state index contributed by atoms with van der Waals surface area (Å²) in [6, 6.07) is 1.97. The van der Waals surface area contributed by atoms with Crippen LogP contribution in [0.5, 0.6) is 0 Å². The van der Waals surface area contributed by atoms with Crippen LogP contribution >= 0.6 is 11.6 Å². The van der Waals surface area contributed by atoms with E-state index in [1.807, 2.05) is 6.07 Å². The first-order valence-electron chi connectivity index (χ1n) is 3.40. The summed E-state index contributed by atoms with van der Waals surface area (Å²) >= 11 is 5.44. The predicted octanol–water partition coefficient (Wildman–Crippen LogP) is 0.987. The molecule has 0 saturated heterocycles. The highest BCUT2D eigenvalue weighted by atomic mass is 35.5. The summed E-state index contributed by atoms with van der Waals surface area (Å²) in [5, 5.41) is 8.24. The van der Waals surface area contributed by atoms with Gasteiger partial charge < -0.3 is 4.90 Å². The van der Waals surface area contributed by atoms with Crippen LogP contribution in [-0.2, 0) is 4.79 Å². The van der Waals surface area contributed by atoms with Crippen LogP contribution in [0.2, 0.25) is 0 Å². The molecule has 0 aliphatic carbocycles. The third-order valence-corrected chi connectivity index (χ3v) is 1.46. The van der Waals surface area contributed by atoms with E-state index in [1.165, 1.54) is 6.92 Å². The normalized spacial score (nSPS) is 8.82. The molecule has 0 radical (unpaired) electrons. The van der Waals surface area contributed by atoms with E-state index in [1.54, 1.807) is 4.90 Å². The van der Waals surface area contributed by atoms with Gasteiger partial charge in [0, 0.05) is 25.9 Å². The van der Waals surface area contributed by atoms with Crippen molar-refractivity contribution in [1.29, 1.82) is 5.26 Å². The van der Waals surface area contributed by atoms with Crippen LogP contribution in [0.1, 0.15) is 13.3 Å². The molecule has 0 heterocycles. The van der Waals surface area contributed by atoms with Crippen LogP contribution in [0, 0.1) is 11.3 Å². The minimum atomic E-state index is -0.0269. The van der Waals surface area contributed by atoms with E-state index in [0.717, 1.165) is 0 Å². The smallest absolute Gasteiger partial charge is 0.219 e. The Kier molecular flexibility index (Phi) is 5.58. The summed E-state index contributed by atoms with van der Waals surface area (Å²) in [4.78, 5) is 12.4. The molecular weight excluding hydrogens is 164 g/mol. The van der Waals surface area contributed by atoms with E-state index in [0.29, 0.717) is 25.4 Å². The van der Waals surface area contributed by atoms with Gasteiger partial charge in [0.25, 0.3) is 0 Å². The maximum absolute atomic E-state index is 10.8. The molecule has 0 aromatic rings. The molecule has 0 aromatic heterocycles. The molecule has 0 fully saturated rings. The molecule has 62 valence electrons. The van der Waals surface area contributed by atoms with Crippen molar-refractivity contribution in [3.63, 3.8) is 0 Å². The van der Waals surface area contributed by atoms with E-state index in [4.69, 9.17) is 16.9 Å². The first-order valence-corrected chi connectivity index (χ1v) is 3.94. The standard InChI is InChI=1S/C7H11ClN2O/c1-7(11)10(6-3-8)5-2-4-9/h2-3,5-6H2,1H3. The Hall–Kier alpha value is -0.750. The van der Waals surface area contributed by atoms with Crippen LogP contribution in [-0.4, -0.2) is 29.8 Å². The topological polar surface area (TPSA) is 44.1 Å². The van der Waals surface area contributed by atoms with Gasteiger partial charge in [0.05, 0.1) is 12.5 Å². The largest absolute Gasteiger partial charge is 0.341 e. The lowest BCUT2D eigenvalue weighted by Crippen LogP contribution is -2.31. The number of hydrogen-bond acceptors (Lipinski definition) is 2. The highest BCUT2D eigenvalue weighted by Gasteiger charge is 2.05. The van der Waals surface area contributed by atoms with Gasteiger partial charge >= 0.3 is 0 Å². The first kappa shape index (κ1) is 10.2. The second-order valence-electron chi connectivity index (χ2n) is 2.10. The van der Waals surface area contributed by atoms with E-state index >= 15 is 0 Å². The summed E-state index contributed by atoms with van der Waals surface area (Å²) in [7, 11) is 0. The van der Waals surface area contributed by atoms with Crippen LogP contribution in [0.4, 0.5) is 0 Å². The molecule has 0 aromatic carbocycles.